The van der Waals surface area contributed by atoms with Crippen molar-refractivity contribution >= 4 is 17.9 Å². The highest BCUT2D eigenvalue weighted by atomic mass is 16.6. The Morgan fingerprint density at radius 1 is 0.254 bits per heavy atom. The van der Waals surface area contributed by atoms with Gasteiger partial charge in [-0.2, -0.15) is 0 Å². The molecule has 0 aromatic rings. The van der Waals surface area contributed by atoms with Gasteiger partial charge < -0.3 is 14.2 Å². The van der Waals surface area contributed by atoms with Gasteiger partial charge in [0.05, 0.1) is 0 Å². The molecule has 0 aromatic carbocycles. The summed E-state index contributed by atoms with van der Waals surface area (Å²) in [4.78, 5) is 38.1. The molecule has 6 heteroatoms. The molecule has 0 radical (unpaired) electrons. The van der Waals surface area contributed by atoms with Crippen molar-refractivity contribution in [2.45, 2.75) is 335 Å². The Morgan fingerprint density at radius 3 is 0.635 bits per heavy atom. The zero-order chi connectivity index (χ0) is 45.8. The summed E-state index contributed by atoms with van der Waals surface area (Å²) in [6.45, 7) is 6.70. The highest BCUT2D eigenvalue weighted by Gasteiger charge is 2.19. The van der Waals surface area contributed by atoms with E-state index in [-0.39, 0.29) is 31.1 Å². The Kier molecular flexibility index (Phi) is 51.7. The summed E-state index contributed by atoms with van der Waals surface area (Å²) >= 11 is 0. The van der Waals surface area contributed by atoms with Gasteiger partial charge in [0.15, 0.2) is 6.10 Å². The highest BCUT2D eigenvalue weighted by molar-refractivity contribution is 5.71. The van der Waals surface area contributed by atoms with Crippen molar-refractivity contribution in [3.63, 3.8) is 0 Å². The third-order valence-corrected chi connectivity index (χ3v) is 13.1. The quantitative estimate of drug-likeness (QED) is 0.0344. The van der Waals surface area contributed by atoms with Crippen LogP contribution in [0.3, 0.4) is 0 Å². The van der Waals surface area contributed by atoms with Crippen LogP contribution in [-0.4, -0.2) is 37.2 Å². The molecule has 0 N–H and O–H groups in total. The van der Waals surface area contributed by atoms with Crippen molar-refractivity contribution in [1.82, 2.24) is 0 Å². The van der Waals surface area contributed by atoms with Crippen LogP contribution in [0.15, 0.2) is 0 Å². The maximum absolute atomic E-state index is 12.8. The maximum atomic E-state index is 12.8. The lowest BCUT2D eigenvalue weighted by Crippen LogP contribution is -2.30. The van der Waals surface area contributed by atoms with Crippen LogP contribution in [0.4, 0.5) is 0 Å². The summed E-state index contributed by atoms with van der Waals surface area (Å²) in [5, 5.41) is 0. The molecular formula is C57H110O6. The Morgan fingerprint density at radius 2 is 0.429 bits per heavy atom. The van der Waals surface area contributed by atoms with Gasteiger partial charge in [0.2, 0.25) is 0 Å². The van der Waals surface area contributed by atoms with Gasteiger partial charge in [-0.15, -0.1) is 0 Å². The number of ether oxygens (including phenoxy) is 3. The number of carbonyl (C=O) groups is 3. The molecule has 0 heterocycles. The van der Waals surface area contributed by atoms with E-state index in [1.54, 1.807) is 0 Å². The molecule has 0 bridgehead atoms. The van der Waals surface area contributed by atoms with Crippen LogP contribution in [0.25, 0.3) is 0 Å². The molecule has 0 aromatic heterocycles. The minimum atomic E-state index is -0.760. The smallest absolute Gasteiger partial charge is 0.306 e. The second kappa shape index (κ2) is 53.0. The predicted molar refractivity (Wildman–Crippen MR) is 270 cm³/mol. The fraction of sp³-hybridized carbons (Fsp3) is 0.947. The van der Waals surface area contributed by atoms with Crippen molar-refractivity contribution < 1.29 is 28.6 Å². The number of hydrogen-bond acceptors (Lipinski definition) is 6. The van der Waals surface area contributed by atoms with E-state index in [1.165, 1.54) is 231 Å². The number of carbonyl (C=O) groups excluding carboxylic acids is 3. The number of hydrogen-bond donors (Lipinski definition) is 0. The Hall–Kier alpha value is -1.59. The molecule has 0 aliphatic heterocycles. The molecule has 1 atom stereocenters. The Balaban J connectivity index is 4.28. The molecule has 63 heavy (non-hydrogen) atoms. The highest BCUT2D eigenvalue weighted by Crippen LogP contribution is 2.18. The first kappa shape index (κ1) is 61.4. The van der Waals surface area contributed by atoms with Crippen LogP contribution in [0.1, 0.15) is 329 Å². The van der Waals surface area contributed by atoms with E-state index in [9.17, 15) is 14.4 Å². The van der Waals surface area contributed by atoms with Gasteiger partial charge in [-0.25, -0.2) is 0 Å². The summed E-state index contributed by atoms with van der Waals surface area (Å²) in [7, 11) is 0. The first-order valence-corrected chi connectivity index (χ1v) is 28.5. The van der Waals surface area contributed by atoms with Crippen molar-refractivity contribution in [3.8, 4) is 0 Å². The fourth-order valence-electron chi connectivity index (χ4n) is 8.80. The largest absolute Gasteiger partial charge is 0.462 e. The van der Waals surface area contributed by atoms with Crippen LogP contribution in [0.2, 0.25) is 0 Å². The van der Waals surface area contributed by atoms with E-state index in [2.05, 4.69) is 20.8 Å². The molecule has 0 saturated carbocycles. The monoisotopic (exact) mass is 891 g/mol. The molecule has 0 aliphatic rings. The normalized spacial score (nSPS) is 11.9. The molecule has 0 saturated heterocycles. The van der Waals surface area contributed by atoms with Gasteiger partial charge in [0.25, 0.3) is 0 Å². The number of unbranched alkanes of at least 4 members (excludes halogenated alkanes) is 42. The topological polar surface area (TPSA) is 78.9 Å². The summed E-state index contributed by atoms with van der Waals surface area (Å²) in [5.74, 6) is -0.833. The van der Waals surface area contributed by atoms with E-state index in [0.29, 0.717) is 19.3 Å². The van der Waals surface area contributed by atoms with E-state index >= 15 is 0 Å². The second-order valence-corrected chi connectivity index (χ2v) is 19.6. The molecule has 374 valence electrons. The molecule has 6 nitrogen and oxygen atoms in total. The average molecular weight is 892 g/mol. The van der Waals surface area contributed by atoms with Gasteiger partial charge in [-0.3, -0.25) is 14.4 Å². The van der Waals surface area contributed by atoms with E-state index in [1.807, 2.05) is 0 Å². The number of esters is 3. The van der Waals surface area contributed by atoms with Crippen molar-refractivity contribution in [3.05, 3.63) is 0 Å². The maximum Gasteiger partial charge on any atom is 0.306 e. The van der Waals surface area contributed by atoms with Crippen molar-refractivity contribution in [2.75, 3.05) is 13.2 Å². The summed E-state index contributed by atoms with van der Waals surface area (Å²) in [5.41, 5.74) is 0. The van der Waals surface area contributed by atoms with Gasteiger partial charge >= 0.3 is 17.9 Å². The van der Waals surface area contributed by atoms with E-state index < -0.39 is 6.10 Å². The lowest BCUT2D eigenvalue weighted by Gasteiger charge is -2.18. The Bertz CT molecular complexity index is 936. The molecule has 0 rings (SSSR count). The summed E-state index contributed by atoms with van der Waals surface area (Å²) in [6.07, 6.45) is 58.0. The van der Waals surface area contributed by atoms with Gasteiger partial charge in [0.1, 0.15) is 13.2 Å². The van der Waals surface area contributed by atoms with Crippen molar-refractivity contribution in [1.29, 1.82) is 0 Å². The van der Waals surface area contributed by atoms with Gasteiger partial charge in [-0.05, 0) is 19.3 Å². The van der Waals surface area contributed by atoms with Crippen LogP contribution in [0, 0.1) is 0 Å². The lowest BCUT2D eigenvalue weighted by molar-refractivity contribution is -0.167. The van der Waals surface area contributed by atoms with Crippen LogP contribution < -0.4 is 0 Å². The minimum Gasteiger partial charge on any atom is -0.462 e. The van der Waals surface area contributed by atoms with Crippen LogP contribution in [0.5, 0.6) is 0 Å². The first-order valence-electron chi connectivity index (χ1n) is 28.5. The van der Waals surface area contributed by atoms with E-state index in [0.717, 1.165) is 57.8 Å². The molecule has 0 spiro atoms. The van der Waals surface area contributed by atoms with Gasteiger partial charge in [-0.1, -0.05) is 290 Å². The average Bonchev–Trinajstić information content (AvgIpc) is 3.28. The molecule has 0 fully saturated rings. The second-order valence-electron chi connectivity index (χ2n) is 19.6. The fourth-order valence-corrected chi connectivity index (χ4v) is 8.80. The van der Waals surface area contributed by atoms with Crippen LogP contribution >= 0.6 is 0 Å². The summed E-state index contributed by atoms with van der Waals surface area (Å²) < 4.78 is 16.9. The minimum absolute atomic E-state index is 0.0612. The molecular weight excluding hydrogens is 781 g/mol. The zero-order valence-corrected chi connectivity index (χ0v) is 42.9. The third-order valence-electron chi connectivity index (χ3n) is 13.1. The lowest BCUT2D eigenvalue weighted by atomic mass is 10.0. The van der Waals surface area contributed by atoms with E-state index in [4.69, 9.17) is 14.2 Å². The van der Waals surface area contributed by atoms with Crippen molar-refractivity contribution in [2.24, 2.45) is 0 Å². The first-order chi connectivity index (χ1) is 31.0. The standard InChI is InChI=1S/C57H110O6/c1-4-7-10-13-16-19-22-25-27-28-29-30-33-36-39-42-45-48-51-57(60)63-54(52-61-55(58)49-46-43-40-37-34-31-24-21-18-15-12-9-6-3)53-62-56(59)50-47-44-41-38-35-32-26-23-20-17-14-11-8-5-2/h54H,4-53H2,1-3H3/t54-/m0/s1. The molecule has 0 aliphatic carbocycles. The van der Waals surface area contributed by atoms with Gasteiger partial charge in [0, 0.05) is 19.3 Å². The number of rotatable bonds is 53. The SMILES string of the molecule is CCCCCCCCCCCCCCCCCCCCC(=O)O[C@@H](COC(=O)CCCCCCCCCCCCCCC)COC(=O)CCCCCCCCCCCCCCCC. The zero-order valence-electron chi connectivity index (χ0n) is 42.9. The molecule has 0 unspecified atom stereocenters. The summed E-state index contributed by atoms with van der Waals surface area (Å²) in [6, 6.07) is 0. The third kappa shape index (κ3) is 51.3. The molecule has 0 amide bonds. The predicted octanol–water partition coefficient (Wildman–Crippen LogP) is 18.8. The van der Waals surface area contributed by atoms with Crippen LogP contribution in [-0.2, 0) is 28.6 Å². The Labute approximate surface area is 393 Å².